The number of methoxy groups -OCH3 is 2. The van der Waals surface area contributed by atoms with E-state index in [4.69, 9.17) is 15.2 Å². The molecule has 0 radical (unpaired) electrons. The Morgan fingerprint density at radius 1 is 1.22 bits per heavy atom. The van der Waals surface area contributed by atoms with Crippen molar-refractivity contribution in [2.24, 2.45) is 5.73 Å². The molecule has 0 spiro atoms. The van der Waals surface area contributed by atoms with Crippen LogP contribution in [0.5, 0.6) is 11.5 Å². The number of benzene rings is 1. The average Bonchev–Trinajstić information content (AvgIpc) is 2.34. The van der Waals surface area contributed by atoms with E-state index in [0.29, 0.717) is 0 Å². The second kappa shape index (κ2) is 5.96. The zero-order valence-electron chi connectivity index (χ0n) is 12.0. The minimum absolute atomic E-state index is 0.159. The lowest BCUT2D eigenvalue weighted by molar-refractivity contribution is 0.394. The molecule has 0 aliphatic rings. The van der Waals surface area contributed by atoms with Crippen LogP contribution < -0.4 is 20.1 Å². The van der Waals surface area contributed by atoms with Crippen molar-refractivity contribution in [2.75, 3.05) is 32.7 Å². The summed E-state index contributed by atoms with van der Waals surface area (Å²) in [6.07, 6.45) is 0.915. The van der Waals surface area contributed by atoms with E-state index in [9.17, 15) is 0 Å². The summed E-state index contributed by atoms with van der Waals surface area (Å²) in [5.74, 6) is 1.61. The molecular weight excluding hydrogens is 228 g/mol. The number of anilines is 1. The average molecular weight is 252 g/mol. The summed E-state index contributed by atoms with van der Waals surface area (Å²) in [6.45, 7) is 4.95. The molecule has 1 aromatic carbocycles. The van der Waals surface area contributed by atoms with Gasteiger partial charge in [0.05, 0.1) is 19.9 Å². The van der Waals surface area contributed by atoms with Crippen LogP contribution in [0.15, 0.2) is 18.2 Å². The van der Waals surface area contributed by atoms with E-state index in [1.165, 1.54) is 0 Å². The van der Waals surface area contributed by atoms with Crippen LogP contribution in [-0.4, -0.2) is 33.4 Å². The normalized spacial score (nSPS) is 11.2. The van der Waals surface area contributed by atoms with Crippen LogP contribution in [0.3, 0.4) is 0 Å². The second-order valence-corrected chi connectivity index (χ2v) is 5.20. The monoisotopic (exact) mass is 252 g/mol. The summed E-state index contributed by atoms with van der Waals surface area (Å²) >= 11 is 0. The third-order valence-electron chi connectivity index (χ3n) is 2.89. The Morgan fingerprint density at radius 2 is 1.89 bits per heavy atom. The quantitative estimate of drug-likeness (QED) is 0.843. The van der Waals surface area contributed by atoms with Crippen LogP contribution in [0.4, 0.5) is 5.69 Å². The van der Waals surface area contributed by atoms with Crippen molar-refractivity contribution in [1.82, 2.24) is 0 Å². The Morgan fingerprint density at radius 3 is 2.39 bits per heavy atom. The van der Waals surface area contributed by atoms with Crippen LogP contribution in [-0.2, 0) is 0 Å². The highest BCUT2D eigenvalue weighted by molar-refractivity contribution is 5.60. The molecule has 0 aromatic heterocycles. The van der Waals surface area contributed by atoms with Crippen molar-refractivity contribution in [1.29, 1.82) is 0 Å². The van der Waals surface area contributed by atoms with Gasteiger partial charge in [0.15, 0.2) is 0 Å². The summed E-state index contributed by atoms with van der Waals surface area (Å²) in [5.41, 5.74) is 6.89. The summed E-state index contributed by atoms with van der Waals surface area (Å²) in [7, 11) is 5.35. The maximum atomic E-state index is 6.00. The minimum Gasteiger partial charge on any atom is -0.497 e. The first-order chi connectivity index (χ1) is 8.37. The van der Waals surface area contributed by atoms with Gasteiger partial charge in [0, 0.05) is 25.2 Å². The zero-order valence-corrected chi connectivity index (χ0v) is 12.0. The summed E-state index contributed by atoms with van der Waals surface area (Å²) in [4.78, 5) is 2.15. The van der Waals surface area contributed by atoms with Gasteiger partial charge >= 0.3 is 0 Å². The Hall–Kier alpha value is -1.42. The molecular formula is C14H24N2O2. The van der Waals surface area contributed by atoms with Gasteiger partial charge in [0.25, 0.3) is 0 Å². The number of nitrogens with zero attached hydrogens (tertiary/aromatic N) is 1. The first-order valence-corrected chi connectivity index (χ1v) is 6.09. The number of nitrogens with two attached hydrogens (primary N) is 1. The van der Waals surface area contributed by atoms with Crippen molar-refractivity contribution in [3.63, 3.8) is 0 Å². The maximum absolute atomic E-state index is 6.00. The lowest BCUT2D eigenvalue weighted by atomic mass is 10.0. The number of hydrogen-bond donors (Lipinski definition) is 1. The molecule has 0 atom stereocenters. The first kappa shape index (κ1) is 14.6. The Balaban J connectivity index is 2.81. The third-order valence-corrected chi connectivity index (χ3v) is 2.89. The van der Waals surface area contributed by atoms with Gasteiger partial charge in [-0.3, -0.25) is 0 Å². The summed E-state index contributed by atoms with van der Waals surface area (Å²) < 4.78 is 10.6. The van der Waals surface area contributed by atoms with Gasteiger partial charge in [0.2, 0.25) is 0 Å². The molecule has 4 nitrogen and oxygen atoms in total. The molecule has 18 heavy (non-hydrogen) atoms. The van der Waals surface area contributed by atoms with Gasteiger partial charge in [-0.1, -0.05) is 0 Å². The molecule has 0 aliphatic heterocycles. The van der Waals surface area contributed by atoms with Crippen molar-refractivity contribution >= 4 is 5.69 Å². The second-order valence-electron chi connectivity index (χ2n) is 5.20. The smallest absolute Gasteiger partial charge is 0.145 e. The van der Waals surface area contributed by atoms with E-state index in [1.807, 2.05) is 39.1 Å². The molecule has 0 saturated heterocycles. The van der Waals surface area contributed by atoms with Crippen LogP contribution in [0.25, 0.3) is 0 Å². The van der Waals surface area contributed by atoms with Gasteiger partial charge < -0.3 is 20.1 Å². The van der Waals surface area contributed by atoms with Crippen molar-refractivity contribution < 1.29 is 9.47 Å². The van der Waals surface area contributed by atoms with E-state index in [0.717, 1.165) is 30.2 Å². The molecule has 0 unspecified atom stereocenters. The number of rotatable bonds is 6. The molecule has 0 fully saturated rings. The zero-order chi connectivity index (χ0) is 13.8. The highest BCUT2D eigenvalue weighted by Gasteiger charge is 2.14. The van der Waals surface area contributed by atoms with Gasteiger partial charge in [-0.05, 0) is 32.4 Å². The SMILES string of the molecule is COc1ccc(N(C)CCC(C)(C)N)c(OC)c1. The van der Waals surface area contributed by atoms with E-state index < -0.39 is 0 Å². The molecule has 0 heterocycles. The highest BCUT2D eigenvalue weighted by atomic mass is 16.5. The topological polar surface area (TPSA) is 47.7 Å². The minimum atomic E-state index is -0.159. The van der Waals surface area contributed by atoms with Crippen LogP contribution in [0.2, 0.25) is 0 Å². The van der Waals surface area contributed by atoms with E-state index in [1.54, 1.807) is 14.2 Å². The molecule has 0 bridgehead atoms. The number of hydrogen-bond acceptors (Lipinski definition) is 4. The molecule has 1 aromatic rings. The van der Waals surface area contributed by atoms with Gasteiger partial charge in [-0.15, -0.1) is 0 Å². The largest absolute Gasteiger partial charge is 0.497 e. The van der Waals surface area contributed by atoms with Crippen LogP contribution >= 0.6 is 0 Å². The van der Waals surface area contributed by atoms with Gasteiger partial charge in [-0.2, -0.15) is 0 Å². The molecule has 2 N–H and O–H groups in total. The molecule has 1 rings (SSSR count). The molecule has 4 heteroatoms. The lowest BCUT2D eigenvalue weighted by Crippen LogP contribution is -2.36. The Bertz CT molecular complexity index is 386. The fraction of sp³-hybridized carbons (Fsp3) is 0.571. The van der Waals surface area contributed by atoms with Crippen molar-refractivity contribution in [2.45, 2.75) is 25.8 Å². The van der Waals surface area contributed by atoms with Crippen molar-refractivity contribution in [3.05, 3.63) is 18.2 Å². The molecule has 102 valence electrons. The van der Waals surface area contributed by atoms with Crippen molar-refractivity contribution in [3.8, 4) is 11.5 Å². The number of ether oxygens (including phenoxy) is 2. The predicted octanol–water partition coefficient (Wildman–Crippen LogP) is 2.27. The summed E-state index contributed by atoms with van der Waals surface area (Å²) in [6, 6.07) is 5.82. The maximum Gasteiger partial charge on any atom is 0.145 e. The van der Waals surface area contributed by atoms with E-state index in [-0.39, 0.29) is 5.54 Å². The van der Waals surface area contributed by atoms with Crippen LogP contribution in [0.1, 0.15) is 20.3 Å². The molecule has 0 aliphatic carbocycles. The van der Waals surface area contributed by atoms with E-state index >= 15 is 0 Å². The summed E-state index contributed by atoms with van der Waals surface area (Å²) in [5, 5.41) is 0. The first-order valence-electron chi connectivity index (χ1n) is 6.09. The standard InChI is InChI=1S/C14H24N2O2/c1-14(2,15)8-9-16(3)12-7-6-11(17-4)10-13(12)18-5/h6-7,10H,8-9,15H2,1-5H3. The molecule has 0 amide bonds. The van der Waals surface area contributed by atoms with Crippen LogP contribution in [0, 0.1) is 0 Å². The Labute approximate surface area is 110 Å². The lowest BCUT2D eigenvalue weighted by Gasteiger charge is -2.26. The predicted molar refractivity (Wildman–Crippen MR) is 75.7 cm³/mol. The fourth-order valence-corrected chi connectivity index (χ4v) is 1.68. The van der Waals surface area contributed by atoms with E-state index in [2.05, 4.69) is 4.90 Å². The highest BCUT2D eigenvalue weighted by Crippen LogP contribution is 2.31. The van der Waals surface area contributed by atoms with Gasteiger partial charge in [0.1, 0.15) is 11.5 Å². The fourth-order valence-electron chi connectivity index (χ4n) is 1.68. The van der Waals surface area contributed by atoms with Gasteiger partial charge in [-0.25, -0.2) is 0 Å². The Kier molecular flexibility index (Phi) is 4.84. The molecule has 0 saturated carbocycles. The third kappa shape index (κ3) is 4.11.